The highest BCUT2D eigenvalue weighted by Gasteiger charge is 2.18. The molecule has 0 aliphatic heterocycles. The Labute approximate surface area is 119 Å². The second kappa shape index (κ2) is 5.87. The van der Waals surface area contributed by atoms with Gasteiger partial charge in [-0.25, -0.2) is 8.78 Å². The SMILES string of the molecule is OC(Cc1cc(Cl)ccc1F)c1c(F)cccc1Cl. The fraction of sp³-hybridized carbons (Fsp3) is 0.143. The summed E-state index contributed by atoms with van der Waals surface area (Å²) < 4.78 is 27.2. The molecule has 0 radical (unpaired) electrons. The van der Waals surface area contributed by atoms with Crippen LogP contribution in [0.2, 0.25) is 10.0 Å². The van der Waals surface area contributed by atoms with E-state index >= 15 is 0 Å². The van der Waals surface area contributed by atoms with E-state index in [1.54, 1.807) is 0 Å². The summed E-state index contributed by atoms with van der Waals surface area (Å²) in [6.07, 6.45) is -1.34. The van der Waals surface area contributed by atoms with Gasteiger partial charge in [0.2, 0.25) is 0 Å². The van der Waals surface area contributed by atoms with Crippen LogP contribution < -0.4 is 0 Å². The van der Waals surface area contributed by atoms with Crippen molar-refractivity contribution in [3.8, 4) is 0 Å². The Balaban J connectivity index is 2.31. The second-order valence-corrected chi connectivity index (χ2v) is 4.93. The molecule has 2 rings (SSSR count). The summed E-state index contributed by atoms with van der Waals surface area (Å²) in [4.78, 5) is 0. The quantitative estimate of drug-likeness (QED) is 0.882. The van der Waals surface area contributed by atoms with E-state index in [0.717, 1.165) is 0 Å². The van der Waals surface area contributed by atoms with Crippen molar-refractivity contribution in [2.45, 2.75) is 12.5 Å². The van der Waals surface area contributed by atoms with Gasteiger partial charge in [0.25, 0.3) is 0 Å². The number of aliphatic hydroxyl groups is 1. The summed E-state index contributed by atoms with van der Waals surface area (Å²) in [5.74, 6) is -1.13. The molecule has 19 heavy (non-hydrogen) atoms. The van der Waals surface area contributed by atoms with Crippen LogP contribution in [0.1, 0.15) is 17.2 Å². The van der Waals surface area contributed by atoms with Crippen molar-refractivity contribution in [2.24, 2.45) is 0 Å². The maximum atomic E-state index is 13.6. The second-order valence-electron chi connectivity index (χ2n) is 4.09. The van der Waals surface area contributed by atoms with Crippen LogP contribution in [0.5, 0.6) is 0 Å². The van der Waals surface area contributed by atoms with Crippen LogP contribution in [0.25, 0.3) is 0 Å². The average molecular weight is 303 g/mol. The third kappa shape index (κ3) is 3.24. The fourth-order valence-electron chi connectivity index (χ4n) is 1.84. The molecular formula is C14H10Cl2F2O. The molecule has 1 nitrogen and oxygen atoms in total. The highest BCUT2D eigenvalue weighted by Crippen LogP contribution is 2.29. The Morgan fingerprint density at radius 2 is 1.79 bits per heavy atom. The Kier molecular flexibility index (Phi) is 4.40. The van der Waals surface area contributed by atoms with Gasteiger partial charge >= 0.3 is 0 Å². The summed E-state index contributed by atoms with van der Waals surface area (Å²) in [5.41, 5.74) is 0.169. The molecule has 0 fully saturated rings. The van der Waals surface area contributed by atoms with Gasteiger partial charge in [-0.2, -0.15) is 0 Å². The smallest absolute Gasteiger partial charge is 0.130 e. The molecule has 0 saturated carbocycles. The molecule has 100 valence electrons. The fourth-order valence-corrected chi connectivity index (χ4v) is 2.32. The highest BCUT2D eigenvalue weighted by molar-refractivity contribution is 6.31. The normalized spacial score (nSPS) is 12.5. The first-order chi connectivity index (χ1) is 8.99. The van der Waals surface area contributed by atoms with Gasteiger partial charge in [-0.3, -0.25) is 0 Å². The topological polar surface area (TPSA) is 20.2 Å². The van der Waals surface area contributed by atoms with Gasteiger partial charge in [0.05, 0.1) is 6.10 Å². The van der Waals surface area contributed by atoms with Crippen molar-refractivity contribution >= 4 is 23.2 Å². The number of rotatable bonds is 3. The van der Waals surface area contributed by atoms with Crippen molar-refractivity contribution in [1.29, 1.82) is 0 Å². The summed E-state index contributed by atoms with van der Waals surface area (Å²) >= 11 is 11.6. The minimum absolute atomic E-state index is 0.0384. The molecule has 0 saturated heterocycles. The van der Waals surface area contributed by atoms with Crippen LogP contribution in [0.3, 0.4) is 0 Å². The van der Waals surface area contributed by atoms with E-state index in [4.69, 9.17) is 23.2 Å². The maximum Gasteiger partial charge on any atom is 0.130 e. The monoisotopic (exact) mass is 302 g/mol. The van der Waals surface area contributed by atoms with Crippen molar-refractivity contribution < 1.29 is 13.9 Å². The lowest BCUT2D eigenvalue weighted by atomic mass is 10.0. The molecule has 0 spiro atoms. The van der Waals surface area contributed by atoms with Gasteiger partial charge in [-0.05, 0) is 35.9 Å². The molecule has 0 bridgehead atoms. The van der Waals surface area contributed by atoms with Crippen molar-refractivity contribution in [3.63, 3.8) is 0 Å². The Morgan fingerprint density at radius 1 is 1.05 bits per heavy atom. The zero-order chi connectivity index (χ0) is 14.0. The number of hydrogen-bond acceptors (Lipinski definition) is 1. The van der Waals surface area contributed by atoms with Crippen LogP contribution >= 0.6 is 23.2 Å². The third-order valence-corrected chi connectivity index (χ3v) is 3.32. The summed E-state index contributed by atoms with van der Waals surface area (Å²) in [6.45, 7) is 0. The first-order valence-corrected chi connectivity index (χ1v) is 6.30. The summed E-state index contributed by atoms with van der Waals surface area (Å²) in [5, 5.41) is 10.5. The van der Waals surface area contributed by atoms with E-state index in [-0.39, 0.29) is 22.6 Å². The molecule has 1 unspecified atom stereocenters. The van der Waals surface area contributed by atoms with Gasteiger partial charge in [0.15, 0.2) is 0 Å². The minimum Gasteiger partial charge on any atom is -0.388 e. The van der Waals surface area contributed by atoms with Crippen molar-refractivity contribution in [3.05, 3.63) is 69.2 Å². The molecule has 0 amide bonds. The minimum atomic E-state index is -1.23. The highest BCUT2D eigenvalue weighted by atomic mass is 35.5. The Morgan fingerprint density at radius 3 is 2.47 bits per heavy atom. The Bertz CT molecular complexity index is 582. The van der Waals surface area contributed by atoms with Gasteiger partial charge in [0, 0.05) is 22.0 Å². The molecule has 0 heterocycles. The zero-order valence-electron chi connectivity index (χ0n) is 9.71. The first kappa shape index (κ1) is 14.3. The van der Waals surface area contributed by atoms with Gasteiger partial charge < -0.3 is 5.11 Å². The van der Waals surface area contributed by atoms with E-state index < -0.39 is 17.7 Å². The predicted octanol–water partition coefficient (Wildman–Crippen LogP) is 4.55. The zero-order valence-corrected chi connectivity index (χ0v) is 11.2. The number of aliphatic hydroxyl groups excluding tert-OH is 1. The van der Waals surface area contributed by atoms with Crippen LogP contribution in [0, 0.1) is 11.6 Å². The van der Waals surface area contributed by atoms with E-state index in [2.05, 4.69) is 0 Å². The van der Waals surface area contributed by atoms with Gasteiger partial charge in [0.1, 0.15) is 11.6 Å². The van der Waals surface area contributed by atoms with Gasteiger partial charge in [-0.15, -0.1) is 0 Å². The lowest BCUT2D eigenvalue weighted by molar-refractivity contribution is 0.172. The molecule has 0 aliphatic rings. The number of hydrogen-bond donors (Lipinski definition) is 1. The molecule has 1 atom stereocenters. The molecule has 2 aromatic carbocycles. The van der Waals surface area contributed by atoms with Crippen molar-refractivity contribution in [2.75, 3.05) is 0 Å². The van der Waals surface area contributed by atoms with Crippen LogP contribution in [0.15, 0.2) is 36.4 Å². The molecule has 0 aromatic heterocycles. The maximum absolute atomic E-state index is 13.6. The summed E-state index contributed by atoms with van der Waals surface area (Å²) in [6, 6.07) is 8.11. The van der Waals surface area contributed by atoms with Crippen LogP contribution in [-0.2, 0) is 6.42 Å². The first-order valence-electron chi connectivity index (χ1n) is 5.55. The molecule has 5 heteroatoms. The van der Waals surface area contributed by atoms with Crippen LogP contribution in [-0.4, -0.2) is 5.11 Å². The predicted molar refractivity (Wildman–Crippen MR) is 71.5 cm³/mol. The lowest BCUT2D eigenvalue weighted by Crippen LogP contribution is -2.06. The van der Waals surface area contributed by atoms with E-state index in [1.807, 2.05) is 0 Å². The lowest BCUT2D eigenvalue weighted by Gasteiger charge is -2.14. The van der Waals surface area contributed by atoms with Crippen LogP contribution in [0.4, 0.5) is 8.78 Å². The third-order valence-electron chi connectivity index (χ3n) is 2.75. The Hall–Kier alpha value is -1.16. The number of halogens is 4. The molecule has 1 N–H and O–H groups in total. The standard InChI is InChI=1S/C14H10Cl2F2O/c15-9-4-5-11(17)8(6-9)7-13(19)14-10(16)2-1-3-12(14)18/h1-6,13,19H,7H2. The average Bonchev–Trinajstić information content (AvgIpc) is 2.33. The van der Waals surface area contributed by atoms with E-state index in [0.29, 0.717) is 5.02 Å². The van der Waals surface area contributed by atoms with Crippen molar-refractivity contribution in [1.82, 2.24) is 0 Å². The van der Waals surface area contributed by atoms with E-state index in [9.17, 15) is 13.9 Å². The molecule has 0 aliphatic carbocycles. The largest absolute Gasteiger partial charge is 0.388 e. The molecular weight excluding hydrogens is 293 g/mol. The summed E-state index contributed by atoms with van der Waals surface area (Å²) in [7, 11) is 0. The van der Waals surface area contributed by atoms with Gasteiger partial charge in [-0.1, -0.05) is 29.3 Å². The number of benzene rings is 2. The molecule has 2 aromatic rings. The van der Waals surface area contributed by atoms with E-state index in [1.165, 1.54) is 36.4 Å².